The van der Waals surface area contributed by atoms with E-state index in [0.717, 1.165) is 88.0 Å². The largest absolute Gasteiger partial charge is 0.361 e. The number of fused-ring (bicyclic) bond motifs is 1. The maximum atomic E-state index is 9.08. The van der Waals surface area contributed by atoms with Gasteiger partial charge in [0.1, 0.15) is 11.0 Å². The van der Waals surface area contributed by atoms with Crippen LogP contribution in [0.3, 0.4) is 0 Å². The number of piperidine rings is 1. The highest BCUT2D eigenvalue weighted by Crippen LogP contribution is 2.38. The summed E-state index contributed by atoms with van der Waals surface area (Å²) in [5.74, 6) is 57.2. The summed E-state index contributed by atoms with van der Waals surface area (Å²) in [4.78, 5) is 20.0. The SMILES string of the molecule is CC#CC#CC#CC#CC#CC#CC#CC#CC#CC#CC#CC.Cc1noc(C)c1-c1cc(-c2c(C)nn(C)c2C)c2nc(NC3CCN(C)CC3)[nH]c2c1.N=N/N=N/N=N/N=O.[HH].[HH].[HH].[HH].[HH].[HH].[HH].[HH].[HH].[HH].[HH].[HH]. The Labute approximate surface area is 390 Å². The molecule has 3 N–H and O–H groups in total. The van der Waals surface area contributed by atoms with E-state index in [4.69, 9.17) is 19.9 Å². The normalized spacial score (nSPS) is 10.6. The predicted octanol–water partition coefficient (Wildman–Crippen LogP) is 9.81. The lowest BCUT2D eigenvalue weighted by molar-refractivity contribution is 0.263. The van der Waals surface area contributed by atoms with Crippen LogP contribution in [-0.4, -0.2) is 56.0 Å². The fourth-order valence-electron chi connectivity index (χ4n) is 5.69. The summed E-state index contributed by atoms with van der Waals surface area (Å²) in [5, 5.41) is 27.4. The Morgan fingerprint density at radius 3 is 1.64 bits per heavy atom. The minimum Gasteiger partial charge on any atom is -0.361 e. The third-order valence-electron chi connectivity index (χ3n) is 8.39. The molecule has 1 aliphatic rings. The number of nitrogens with one attached hydrogen (secondary N) is 3. The number of aryl methyl sites for hydroxylation is 4. The molecular formula is C48H62N14O2. The fraction of sp³-hybridized carbons (Fsp3) is 0.271. The molecule has 0 bridgehead atoms. The molecule has 1 saturated heterocycles. The van der Waals surface area contributed by atoms with Crippen molar-refractivity contribution in [1.29, 1.82) is 5.53 Å². The summed E-state index contributed by atoms with van der Waals surface area (Å²) < 4.78 is 7.40. The molecule has 1 fully saturated rings. The number of imidazole rings is 1. The molecule has 336 valence electrons. The number of nitrogens with zero attached hydrogens (tertiary/aromatic N) is 11. The summed E-state index contributed by atoms with van der Waals surface area (Å²) in [7, 11) is 4.16. The van der Waals surface area contributed by atoms with Crippen LogP contribution in [0, 0.1) is 168 Å². The third-order valence-corrected chi connectivity index (χ3v) is 8.39. The Balaban J connectivity index is -0.000000112. The lowest BCUT2D eigenvalue weighted by atomic mass is 9.95. The Kier molecular flexibility index (Phi) is 21.3. The summed E-state index contributed by atoms with van der Waals surface area (Å²) in [6.07, 6.45) is 2.23. The van der Waals surface area contributed by atoms with Gasteiger partial charge in [0.25, 0.3) is 0 Å². The molecule has 0 spiro atoms. The molecule has 0 amide bonds. The average Bonchev–Trinajstić information content (AvgIpc) is 3.94. The minimum absolute atomic E-state index is 0. The molecule has 5 rings (SSSR count). The van der Waals surface area contributed by atoms with Crippen molar-refractivity contribution in [2.45, 2.75) is 60.4 Å². The van der Waals surface area contributed by atoms with Crippen molar-refractivity contribution in [3.8, 4) is 153 Å². The molecule has 4 heterocycles. The lowest BCUT2D eigenvalue weighted by Crippen LogP contribution is -2.36. The lowest BCUT2D eigenvalue weighted by Gasteiger charge is -2.29. The topological polar surface area (TPSA) is 203 Å². The van der Waals surface area contributed by atoms with Crippen LogP contribution in [0.5, 0.6) is 0 Å². The second-order valence-electron chi connectivity index (χ2n) is 12.6. The standard InChI is InChI=1S/C24H31N7O.C24H6.HN7O.12H2/c1-13-21(15(3)31(6)28-13)19-11-17(22-14(2)29-32-16(22)4)12-20-23(19)27-24(26-20)25-18-7-9-30(5)10-8-18;1-3-5-7-9-11-13-15-17-19-21-23-24-22-20-18-16-14-12-10-8-6-4-2;1-2-3-4-5-6-7-8;;;;;;;;;;;;/h11-12,18H,7-10H2,1-6H3,(H2,25,26,27);1-2H3;1H;12*1H/b;;2-1?,4-3+,6-5+;;;;;;;;;;;;. The van der Waals surface area contributed by atoms with Gasteiger partial charge in [0.05, 0.1) is 22.4 Å². The maximum absolute atomic E-state index is 9.08. The van der Waals surface area contributed by atoms with E-state index in [1.807, 2.05) is 30.9 Å². The first kappa shape index (κ1) is 48.8. The van der Waals surface area contributed by atoms with E-state index in [1.165, 1.54) is 0 Å². The highest BCUT2D eigenvalue weighted by Gasteiger charge is 2.22. The van der Waals surface area contributed by atoms with Crippen LogP contribution in [0.4, 0.5) is 5.95 Å². The number of rotatable bonds is 7. The number of likely N-dealkylation sites (tertiary alicyclic amines) is 1. The summed E-state index contributed by atoms with van der Waals surface area (Å²) >= 11 is 0. The molecule has 0 unspecified atom stereocenters. The molecule has 16 nitrogen and oxygen atoms in total. The average molecular weight is 867 g/mol. The molecule has 0 atom stereocenters. The highest BCUT2D eigenvalue weighted by atomic mass is 16.5. The van der Waals surface area contributed by atoms with Crippen molar-refractivity contribution in [3.05, 3.63) is 39.9 Å². The summed E-state index contributed by atoms with van der Waals surface area (Å²) in [6, 6.07) is 4.78. The number of H-pyrrole nitrogens is 1. The van der Waals surface area contributed by atoms with E-state index < -0.39 is 0 Å². The molecule has 0 radical (unpaired) electrons. The van der Waals surface area contributed by atoms with E-state index in [9.17, 15) is 0 Å². The smallest absolute Gasteiger partial charge is 0.201 e. The van der Waals surface area contributed by atoms with Crippen LogP contribution < -0.4 is 5.32 Å². The van der Waals surface area contributed by atoms with Crippen molar-refractivity contribution in [1.82, 2.24) is 29.8 Å². The first-order chi connectivity index (χ1) is 31.1. The molecule has 1 aliphatic heterocycles. The van der Waals surface area contributed by atoms with E-state index in [-0.39, 0.29) is 17.1 Å². The van der Waals surface area contributed by atoms with Crippen molar-refractivity contribution < 1.29 is 21.6 Å². The Hall–Kier alpha value is -9.57. The molecular weight excluding hydrogens is 805 g/mol. The quantitative estimate of drug-likeness (QED) is 0.0709. The molecule has 0 saturated carbocycles. The number of nitroso groups, excluding NO2 is 1. The molecule has 16 heteroatoms. The second kappa shape index (κ2) is 28.0. The van der Waals surface area contributed by atoms with Gasteiger partial charge < -0.3 is 19.7 Å². The van der Waals surface area contributed by atoms with Crippen LogP contribution in [0.2, 0.25) is 0 Å². The zero-order valence-corrected chi connectivity index (χ0v) is 36.3. The monoisotopic (exact) mass is 867 g/mol. The van der Waals surface area contributed by atoms with Crippen LogP contribution in [0.15, 0.2) is 48.1 Å². The molecule has 3 aromatic heterocycles. The molecule has 0 aliphatic carbocycles. The first-order valence-corrected chi connectivity index (χ1v) is 18.9. The molecule has 1 aromatic carbocycles. The van der Waals surface area contributed by atoms with Crippen molar-refractivity contribution in [2.75, 3.05) is 25.5 Å². The third kappa shape index (κ3) is 16.6. The van der Waals surface area contributed by atoms with Gasteiger partial charge in [-0.2, -0.15) is 10.6 Å². The van der Waals surface area contributed by atoms with Crippen LogP contribution in [0.25, 0.3) is 33.3 Å². The number of hydrogen-bond donors (Lipinski definition) is 3. The second-order valence-corrected chi connectivity index (χ2v) is 12.6. The van der Waals surface area contributed by atoms with E-state index in [0.29, 0.717) is 6.04 Å². The van der Waals surface area contributed by atoms with Crippen LogP contribution in [-0.2, 0) is 7.05 Å². The van der Waals surface area contributed by atoms with Crippen molar-refractivity contribution >= 4 is 17.0 Å². The first-order valence-electron chi connectivity index (χ1n) is 18.9. The summed E-state index contributed by atoms with van der Waals surface area (Å²) in [6.45, 7) is 13.7. The van der Waals surface area contributed by atoms with Gasteiger partial charge in [-0.05, 0) is 203 Å². The summed E-state index contributed by atoms with van der Waals surface area (Å²) in [5.41, 5.74) is 15.3. The van der Waals surface area contributed by atoms with Crippen LogP contribution >= 0.6 is 0 Å². The van der Waals surface area contributed by atoms with E-state index in [2.05, 4.69) is 215 Å². The zero-order valence-electron chi connectivity index (χ0n) is 36.3. The van der Waals surface area contributed by atoms with Crippen LogP contribution in [0.1, 0.15) is 66.7 Å². The number of hydrogen-bond acceptors (Lipinski definition) is 8. The van der Waals surface area contributed by atoms with Gasteiger partial charge in [0.15, 0.2) is 0 Å². The maximum Gasteiger partial charge on any atom is 0.201 e. The van der Waals surface area contributed by atoms with Gasteiger partial charge in [-0.15, -0.1) is 4.91 Å². The Morgan fingerprint density at radius 2 is 1.22 bits per heavy atom. The number of aromatic nitrogens is 5. The Morgan fingerprint density at radius 1 is 0.719 bits per heavy atom. The van der Waals surface area contributed by atoms with Gasteiger partial charge in [-0.25, -0.2) is 4.98 Å². The van der Waals surface area contributed by atoms with Gasteiger partial charge in [0, 0.05) is 86.7 Å². The van der Waals surface area contributed by atoms with Crippen molar-refractivity contribution in [2.24, 2.45) is 38.4 Å². The van der Waals surface area contributed by atoms with Gasteiger partial charge in [-0.1, -0.05) is 17.0 Å². The predicted molar refractivity (Wildman–Crippen MR) is 270 cm³/mol. The van der Waals surface area contributed by atoms with E-state index in [1.54, 1.807) is 13.8 Å². The Bertz CT molecular complexity index is 3070. The van der Waals surface area contributed by atoms with Crippen molar-refractivity contribution in [3.63, 3.8) is 0 Å². The van der Waals surface area contributed by atoms with E-state index >= 15 is 0 Å². The van der Waals surface area contributed by atoms with Gasteiger partial charge in [-0.3, -0.25) is 4.68 Å². The van der Waals surface area contributed by atoms with Gasteiger partial charge >= 0.3 is 0 Å². The number of aromatic amines is 1. The highest BCUT2D eigenvalue weighted by molar-refractivity contribution is 5.98. The fourth-order valence-corrected chi connectivity index (χ4v) is 5.69. The number of anilines is 1. The van der Waals surface area contributed by atoms with Gasteiger partial charge in [0.2, 0.25) is 5.95 Å². The zero-order chi connectivity index (χ0) is 46.4. The molecule has 64 heavy (non-hydrogen) atoms. The number of benzene rings is 1. The molecule has 4 aromatic rings. The minimum atomic E-state index is 0.